The molecule has 0 aromatic heterocycles. The Morgan fingerprint density at radius 2 is 1.83 bits per heavy atom. The number of rotatable bonds is 4. The summed E-state index contributed by atoms with van der Waals surface area (Å²) in [5.41, 5.74) is 0.172. The first-order valence-corrected chi connectivity index (χ1v) is 10.4. The molecule has 0 radical (unpaired) electrons. The number of nitro groups is 1. The van der Waals surface area contributed by atoms with Gasteiger partial charge in [-0.15, -0.1) is 0 Å². The Morgan fingerprint density at radius 1 is 1.26 bits per heavy atom. The fourth-order valence-electron chi connectivity index (χ4n) is 2.26. The van der Waals surface area contributed by atoms with E-state index >= 15 is 0 Å². The fraction of sp³-hybridized carbons (Fsp3) is 0.500. The average molecular weight is 363 g/mol. The molecule has 0 bridgehead atoms. The molecular formula is C12H17N3O6S2. The van der Waals surface area contributed by atoms with Gasteiger partial charge in [0.05, 0.1) is 22.7 Å². The second-order valence-electron chi connectivity index (χ2n) is 5.30. The Bertz CT molecular complexity index is 820. The molecule has 1 aliphatic heterocycles. The van der Waals surface area contributed by atoms with E-state index in [1.54, 1.807) is 4.90 Å². The molecule has 1 aromatic rings. The number of sulfone groups is 1. The van der Waals surface area contributed by atoms with Crippen LogP contribution in [0.25, 0.3) is 0 Å². The van der Waals surface area contributed by atoms with Gasteiger partial charge in [-0.1, -0.05) is 0 Å². The van der Waals surface area contributed by atoms with Crippen molar-refractivity contribution in [3.8, 4) is 0 Å². The number of nitrogens with zero attached hydrogens (tertiary/aromatic N) is 3. The normalized spacial score (nSPS) is 17.7. The first-order chi connectivity index (χ1) is 10.5. The molecule has 0 N–H and O–H groups in total. The van der Waals surface area contributed by atoms with Gasteiger partial charge in [0.1, 0.15) is 5.69 Å². The smallest absolute Gasteiger partial charge is 0.293 e. The first-order valence-electron chi connectivity index (χ1n) is 6.69. The first kappa shape index (κ1) is 17.5. The lowest BCUT2D eigenvalue weighted by Gasteiger charge is -2.29. The number of anilines is 2. The van der Waals surface area contributed by atoms with Crippen LogP contribution in [-0.2, 0) is 19.9 Å². The quantitative estimate of drug-likeness (QED) is 0.555. The van der Waals surface area contributed by atoms with E-state index in [1.165, 1.54) is 25.2 Å². The summed E-state index contributed by atoms with van der Waals surface area (Å²) < 4.78 is 47.2. The lowest BCUT2D eigenvalue weighted by Crippen LogP contribution is -2.40. The van der Waals surface area contributed by atoms with E-state index in [9.17, 15) is 26.9 Å². The second kappa shape index (κ2) is 5.96. The van der Waals surface area contributed by atoms with Gasteiger partial charge in [-0.05, 0) is 12.1 Å². The Labute approximate surface area is 134 Å². The van der Waals surface area contributed by atoms with Crippen molar-refractivity contribution in [3.63, 3.8) is 0 Å². The van der Waals surface area contributed by atoms with Crippen LogP contribution in [0.15, 0.2) is 18.2 Å². The van der Waals surface area contributed by atoms with Crippen LogP contribution < -0.4 is 9.21 Å². The lowest BCUT2D eigenvalue weighted by molar-refractivity contribution is -0.384. The number of nitro benzene ring substituents is 1. The van der Waals surface area contributed by atoms with Crippen LogP contribution >= 0.6 is 0 Å². The summed E-state index contributed by atoms with van der Waals surface area (Å²) in [5.74, 6) is 0.00245. The van der Waals surface area contributed by atoms with Crippen LogP contribution in [0.4, 0.5) is 17.1 Å². The maximum absolute atomic E-state index is 11.7. The van der Waals surface area contributed by atoms with E-state index in [0.29, 0.717) is 5.69 Å². The summed E-state index contributed by atoms with van der Waals surface area (Å²) in [6, 6.07) is 4.13. The minimum atomic E-state index is -3.66. The molecule has 0 aliphatic carbocycles. The van der Waals surface area contributed by atoms with E-state index in [-0.39, 0.29) is 36.0 Å². The molecule has 1 fully saturated rings. The highest BCUT2D eigenvalue weighted by atomic mass is 32.2. The van der Waals surface area contributed by atoms with Crippen molar-refractivity contribution in [2.45, 2.75) is 0 Å². The van der Waals surface area contributed by atoms with Crippen molar-refractivity contribution >= 4 is 36.9 Å². The van der Waals surface area contributed by atoms with Crippen molar-refractivity contribution in [2.75, 3.05) is 47.1 Å². The zero-order valence-electron chi connectivity index (χ0n) is 12.7. The van der Waals surface area contributed by atoms with E-state index in [0.717, 1.165) is 10.6 Å². The molecule has 0 amide bonds. The van der Waals surface area contributed by atoms with Crippen molar-refractivity contribution in [2.24, 2.45) is 0 Å². The third kappa shape index (κ3) is 3.91. The molecule has 1 aliphatic rings. The van der Waals surface area contributed by atoms with Crippen molar-refractivity contribution < 1.29 is 21.8 Å². The fourth-order valence-corrected chi connectivity index (χ4v) is 3.97. The third-order valence-corrected chi connectivity index (χ3v) is 6.50. The van der Waals surface area contributed by atoms with Gasteiger partial charge in [0.2, 0.25) is 10.0 Å². The molecule has 1 aromatic carbocycles. The minimum Gasteiger partial charge on any atom is -0.369 e. The van der Waals surface area contributed by atoms with Crippen molar-refractivity contribution in [1.82, 2.24) is 0 Å². The highest BCUT2D eigenvalue weighted by Crippen LogP contribution is 2.33. The third-order valence-electron chi connectivity index (χ3n) is 3.70. The van der Waals surface area contributed by atoms with Crippen LogP contribution in [0, 0.1) is 10.1 Å². The highest BCUT2D eigenvalue weighted by molar-refractivity contribution is 7.92. The zero-order valence-corrected chi connectivity index (χ0v) is 14.3. The average Bonchev–Trinajstić information content (AvgIpc) is 2.44. The van der Waals surface area contributed by atoms with Crippen LogP contribution in [0.3, 0.4) is 0 Å². The predicted octanol–water partition coefficient (Wildman–Crippen LogP) is 0.225. The van der Waals surface area contributed by atoms with Gasteiger partial charge in [-0.25, -0.2) is 16.8 Å². The molecule has 0 saturated carbocycles. The standard InChI is InChI=1S/C12H17N3O6S2/c1-13(22(2,18)19)12-9-10(3-4-11(12)15(16)17)14-5-7-23(20,21)8-6-14/h3-4,9H,5-8H2,1-2H3. The molecule has 0 unspecified atom stereocenters. The molecule has 1 saturated heterocycles. The monoisotopic (exact) mass is 363 g/mol. The summed E-state index contributed by atoms with van der Waals surface area (Å²) in [4.78, 5) is 12.2. The second-order valence-corrected chi connectivity index (χ2v) is 9.62. The molecule has 23 heavy (non-hydrogen) atoms. The summed E-state index contributed by atoms with van der Waals surface area (Å²) in [5, 5.41) is 11.1. The van der Waals surface area contributed by atoms with Crippen molar-refractivity contribution in [3.05, 3.63) is 28.3 Å². The number of benzene rings is 1. The van der Waals surface area contributed by atoms with E-state index in [4.69, 9.17) is 0 Å². The number of hydrogen-bond acceptors (Lipinski definition) is 7. The maximum Gasteiger partial charge on any atom is 0.293 e. The Hall–Kier alpha value is -1.88. The molecular weight excluding hydrogens is 346 g/mol. The van der Waals surface area contributed by atoms with Crippen LogP contribution in [-0.4, -0.2) is 59.7 Å². The van der Waals surface area contributed by atoms with Gasteiger partial charge in [0.25, 0.3) is 5.69 Å². The van der Waals surface area contributed by atoms with Gasteiger partial charge >= 0.3 is 0 Å². The molecule has 1 heterocycles. The largest absolute Gasteiger partial charge is 0.369 e. The summed E-state index contributed by atoms with van der Waals surface area (Å²) in [6.45, 7) is 0.532. The van der Waals surface area contributed by atoms with E-state index in [2.05, 4.69) is 0 Å². The molecule has 128 valence electrons. The topological polar surface area (TPSA) is 118 Å². The SMILES string of the molecule is CN(c1cc(N2CCS(=O)(=O)CC2)ccc1[N+](=O)[O-])S(C)(=O)=O. The number of sulfonamides is 1. The molecule has 0 spiro atoms. The maximum atomic E-state index is 11.7. The molecule has 11 heteroatoms. The molecule has 0 atom stereocenters. The summed E-state index contributed by atoms with van der Waals surface area (Å²) in [7, 11) is -5.48. The van der Waals surface area contributed by atoms with Gasteiger partial charge in [-0.2, -0.15) is 0 Å². The van der Waals surface area contributed by atoms with Gasteiger partial charge in [0.15, 0.2) is 9.84 Å². The van der Waals surface area contributed by atoms with Crippen molar-refractivity contribution in [1.29, 1.82) is 0 Å². The zero-order chi connectivity index (χ0) is 17.4. The van der Waals surface area contributed by atoms with E-state index < -0.39 is 24.8 Å². The Balaban J connectivity index is 2.43. The number of hydrogen-bond donors (Lipinski definition) is 0. The van der Waals surface area contributed by atoms with Gasteiger partial charge in [0, 0.05) is 31.9 Å². The summed E-state index contributed by atoms with van der Waals surface area (Å²) in [6.07, 6.45) is 0.955. The Morgan fingerprint density at radius 3 is 2.30 bits per heavy atom. The predicted molar refractivity (Wildman–Crippen MR) is 87.2 cm³/mol. The Kier molecular flexibility index (Phi) is 4.53. The lowest BCUT2D eigenvalue weighted by atomic mass is 10.2. The summed E-state index contributed by atoms with van der Waals surface area (Å²) >= 11 is 0. The molecule has 2 rings (SSSR count). The highest BCUT2D eigenvalue weighted by Gasteiger charge is 2.26. The van der Waals surface area contributed by atoms with E-state index in [1.807, 2.05) is 0 Å². The minimum absolute atomic E-state index is 0.00123. The van der Waals surface area contributed by atoms with Crippen LogP contribution in [0.1, 0.15) is 0 Å². The van der Waals surface area contributed by atoms with Crippen LogP contribution in [0.5, 0.6) is 0 Å². The van der Waals surface area contributed by atoms with Crippen LogP contribution in [0.2, 0.25) is 0 Å². The van der Waals surface area contributed by atoms with Gasteiger partial charge < -0.3 is 4.90 Å². The molecule has 9 nitrogen and oxygen atoms in total. The van der Waals surface area contributed by atoms with Gasteiger partial charge in [-0.3, -0.25) is 14.4 Å².